The van der Waals surface area contributed by atoms with E-state index in [1.165, 1.54) is 0 Å². The van der Waals surface area contributed by atoms with E-state index < -0.39 is 9.96 Å². The quantitative estimate of drug-likeness (QED) is 0.470. The van der Waals surface area contributed by atoms with Crippen molar-refractivity contribution in [3.8, 4) is 0 Å². The van der Waals surface area contributed by atoms with Gasteiger partial charge in [-0.05, 0) is 55.3 Å². The molecule has 0 saturated carbocycles. The van der Waals surface area contributed by atoms with Crippen LogP contribution in [0.2, 0.25) is 0 Å². The van der Waals surface area contributed by atoms with E-state index in [9.17, 15) is 4.79 Å². The summed E-state index contributed by atoms with van der Waals surface area (Å²) < 4.78 is -0.841. The highest BCUT2D eigenvalue weighted by Gasteiger charge is 2.34. The second-order valence-corrected chi connectivity index (χ2v) is 8.70. The maximum absolute atomic E-state index is 12.4. The summed E-state index contributed by atoms with van der Waals surface area (Å²) in [7, 11) is 0. The van der Waals surface area contributed by atoms with Crippen molar-refractivity contribution < 1.29 is 4.79 Å². The first-order valence-electron chi connectivity index (χ1n) is 7.14. The highest BCUT2D eigenvalue weighted by Crippen LogP contribution is 2.32. The molecule has 2 aromatic rings. The Balaban J connectivity index is 2.21. The van der Waals surface area contributed by atoms with Crippen LogP contribution in [0.5, 0.6) is 0 Å². The molecule has 0 spiro atoms. The molecule has 2 rings (SSSR count). The van der Waals surface area contributed by atoms with Crippen molar-refractivity contribution in [3.63, 3.8) is 0 Å². The van der Waals surface area contributed by atoms with Crippen molar-refractivity contribution in [1.82, 2.24) is 5.32 Å². The standard InChI is InChI=1S/C17H16BrCl3N2O/c1-10-3-4-11(2)14(9-10)22-16(17(19,20)21)23-15(24)12-5-7-13(18)8-6-12/h3-9,16,22H,1-2H3,(H,23,24). The normalized spacial score (nSPS) is 12.6. The highest BCUT2D eigenvalue weighted by atomic mass is 79.9. The fourth-order valence-corrected chi connectivity index (χ4v) is 2.65. The third-order valence-corrected chi connectivity index (χ3v) is 4.59. The summed E-state index contributed by atoms with van der Waals surface area (Å²) in [5.41, 5.74) is 3.31. The molecule has 1 amide bonds. The maximum atomic E-state index is 12.4. The molecule has 128 valence electrons. The van der Waals surface area contributed by atoms with Gasteiger partial charge in [-0.1, -0.05) is 62.9 Å². The zero-order valence-electron chi connectivity index (χ0n) is 13.0. The average molecular weight is 451 g/mol. The summed E-state index contributed by atoms with van der Waals surface area (Å²) in [4.78, 5) is 12.4. The molecule has 0 radical (unpaired) electrons. The zero-order chi connectivity index (χ0) is 17.9. The van der Waals surface area contributed by atoms with Gasteiger partial charge in [-0.2, -0.15) is 0 Å². The number of nitrogens with one attached hydrogen (secondary N) is 2. The third-order valence-electron chi connectivity index (χ3n) is 3.40. The van der Waals surface area contributed by atoms with Gasteiger partial charge in [0.05, 0.1) is 0 Å². The van der Waals surface area contributed by atoms with E-state index in [0.29, 0.717) is 5.56 Å². The van der Waals surface area contributed by atoms with Gasteiger partial charge in [-0.3, -0.25) is 4.79 Å². The van der Waals surface area contributed by atoms with E-state index in [-0.39, 0.29) is 5.91 Å². The Morgan fingerprint density at radius 3 is 2.29 bits per heavy atom. The number of alkyl halides is 3. The van der Waals surface area contributed by atoms with Crippen LogP contribution >= 0.6 is 50.7 Å². The van der Waals surface area contributed by atoms with Gasteiger partial charge in [0.2, 0.25) is 3.79 Å². The number of aryl methyl sites for hydroxylation is 2. The van der Waals surface area contributed by atoms with Gasteiger partial charge < -0.3 is 10.6 Å². The second kappa shape index (κ2) is 7.96. The van der Waals surface area contributed by atoms with Crippen LogP contribution < -0.4 is 10.6 Å². The van der Waals surface area contributed by atoms with Crippen molar-refractivity contribution in [1.29, 1.82) is 0 Å². The number of halogens is 4. The van der Waals surface area contributed by atoms with Crippen LogP contribution in [0.3, 0.4) is 0 Å². The van der Waals surface area contributed by atoms with Gasteiger partial charge in [0, 0.05) is 15.7 Å². The van der Waals surface area contributed by atoms with Gasteiger partial charge in [-0.15, -0.1) is 0 Å². The van der Waals surface area contributed by atoms with Gasteiger partial charge in [0.1, 0.15) is 6.17 Å². The summed E-state index contributed by atoms with van der Waals surface area (Å²) in [5.74, 6) is -0.336. The fraction of sp³-hybridized carbons (Fsp3) is 0.235. The molecule has 0 aliphatic heterocycles. The van der Waals surface area contributed by atoms with Crippen LogP contribution in [0.15, 0.2) is 46.9 Å². The van der Waals surface area contributed by atoms with Crippen LogP contribution in [0.25, 0.3) is 0 Å². The first-order chi connectivity index (χ1) is 11.2. The summed E-state index contributed by atoms with van der Waals surface area (Å²) >= 11 is 21.5. The molecule has 0 saturated heterocycles. The van der Waals surface area contributed by atoms with Crippen LogP contribution in [-0.2, 0) is 0 Å². The van der Waals surface area contributed by atoms with Crippen LogP contribution in [0.4, 0.5) is 5.69 Å². The molecule has 2 N–H and O–H groups in total. The molecule has 0 fully saturated rings. The molecular formula is C17H16BrCl3N2O. The van der Waals surface area contributed by atoms with E-state index in [1.54, 1.807) is 24.3 Å². The summed E-state index contributed by atoms with van der Waals surface area (Å²) in [6.45, 7) is 3.91. The lowest BCUT2D eigenvalue weighted by molar-refractivity contribution is 0.0942. The maximum Gasteiger partial charge on any atom is 0.252 e. The van der Waals surface area contributed by atoms with Gasteiger partial charge in [0.15, 0.2) is 0 Å². The number of amides is 1. The summed E-state index contributed by atoms with van der Waals surface area (Å²) in [6, 6.07) is 12.8. The van der Waals surface area contributed by atoms with Crippen molar-refractivity contribution >= 4 is 62.3 Å². The van der Waals surface area contributed by atoms with Crippen molar-refractivity contribution in [2.75, 3.05) is 5.32 Å². The van der Waals surface area contributed by atoms with E-state index in [1.807, 2.05) is 32.0 Å². The lowest BCUT2D eigenvalue weighted by atomic mass is 10.1. The number of carbonyl (C=O) groups is 1. The molecule has 3 nitrogen and oxygen atoms in total. The molecule has 0 aliphatic rings. The fourth-order valence-electron chi connectivity index (χ4n) is 2.06. The molecule has 1 atom stereocenters. The first kappa shape index (κ1) is 19.4. The van der Waals surface area contributed by atoms with Crippen LogP contribution in [-0.4, -0.2) is 15.9 Å². The molecular weight excluding hydrogens is 434 g/mol. The average Bonchev–Trinajstić information content (AvgIpc) is 2.49. The van der Waals surface area contributed by atoms with Gasteiger partial charge in [0.25, 0.3) is 5.91 Å². The van der Waals surface area contributed by atoms with E-state index in [0.717, 1.165) is 21.3 Å². The van der Waals surface area contributed by atoms with E-state index in [2.05, 4.69) is 26.6 Å². The van der Waals surface area contributed by atoms with Crippen LogP contribution in [0, 0.1) is 13.8 Å². The molecule has 0 bridgehead atoms. The minimum Gasteiger partial charge on any atom is -0.362 e. The predicted molar refractivity (Wildman–Crippen MR) is 105 cm³/mol. The van der Waals surface area contributed by atoms with E-state index in [4.69, 9.17) is 34.8 Å². The Hall–Kier alpha value is -0.940. The Labute approximate surface area is 164 Å². The molecule has 0 aliphatic carbocycles. The molecule has 0 heterocycles. The minimum absolute atomic E-state index is 0.336. The number of hydrogen-bond acceptors (Lipinski definition) is 2. The lowest BCUT2D eigenvalue weighted by Crippen LogP contribution is -2.49. The largest absolute Gasteiger partial charge is 0.362 e. The summed E-state index contributed by atoms with van der Waals surface area (Å²) in [6.07, 6.45) is -0.890. The minimum atomic E-state index is -1.72. The summed E-state index contributed by atoms with van der Waals surface area (Å²) in [5, 5.41) is 5.83. The SMILES string of the molecule is Cc1ccc(C)c(NC(NC(=O)c2ccc(Br)cc2)C(Cl)(Cl)Cl)c1. The Morgan fingerprint density at radius 1 is 1.08 bits per heavy atom. The lowest BCUT2D eigenvalue weighted by Gasteiger charge is -2.28. The molecule has 2 aromatic carbocycles. The molecule has 7 heteroatoms. The van der Waals surface area contributed by atoms with Crippen LogP contribution in [0.1, 0.15) is 21.5 Å². The Morgan fingerprint density at radius 2 is 1.71 bits per heavy atom. The first-order valence-corrected chi connectivity index (χ1v) is 9.06. The smallest absolute Gasteiger partial charge is 0.252 e. The number of hydrogen-bond donors (Lipinski definition) is 2. The Bertz CT molecular complexity index is 730. The number of anilines is 1. The molecule has 0 aromatic heterocycles. The number of rotatable bonds is 4. The monoisotopic (exact) mass is 448 g/mol. The highest BCUT2D eigenvalue weighted by molar-refractivity contribution is 9.10. The number of carbonyl (C=O) groups excluding carboxylic acids is 1. The van der Waals surface area contributed by atoms with Crippen molar-refractivity contribution in [3.05, 3.63) is 63.6 Å². The van der Waals surface area contributed by atoms with Gasteiger partial charge in [-0.25, -0.2) is 0 Å². The number of benzene rings is 2. The molecule has 24 heavy (non-hydrogen) atoms. The van der Waals surface area contributed by atoms with Crippen molar-refractivity contribution in [2.45, 2.75) is 23.8 Å². The predicted octanol–water partition coefficient (Wildman–Crippen LogP) is 5.60. The molecule has 1 unspecified atom stereocenters. The Kier molecular flexibility index (Phi) is 6.43. The van der Waals surface area contributed by atoms with E-state index >= 15 is 0 Å². The van der Waals surface area contributed by atoms with Crippen molar-refractivity contribution in [2.24, 2.45) is 0 Å². The third kappa shape index (κ3) is 5.28. The topological polar surface area (TPSA) is 41.1 Å². The van der Waals surface area contributed by atoms with Gasteiger partial charge >= 0.3 is 0 Å². The zero-order valence-corrected chi connectivity index (χ0v) is 16.9. The second-order valence-electron chi connectivity index (χ2n) is 5.42.